The van der Waals surface area contributed by atoms with E-state index in [0.717, 1.165) is 5.56 Å². The molecule has 2 heterocycles. The van der Waals surface area contributed by atoms with E-state index in [0.29, 0.717) is 28.8 Å². The molecule has 5 nitrogen and oxygen atoms in total. The highest BCUT2D eigenvalue weighted by Gasteiger charge is 2.52. The van der Waals surface area contributed by atoms with Gasteiger partial charge in [-0.1, -0.05) is 42.5 Å². The summed E-state index contributed by atoms with van der Waals surface area (Å²) < 4.78 is 28.4. The lowest BCUT2D eigenvalue weighted by Crippen LogP contribution is -2.41. The third-order valence-electron chi connectivity index (χ3n) is 6.29. The Labute approximate surface area is 182 Å². The van der Waals surface area contributed by atoms with Crippen LogP contribution in [0.25, 0.3) is 11.1 Å². The van der Waals surface area contributed by atoms with E-state index < -0.39 is 24.1 Å². The van der Waals surface area contributed by atoms with Crippen LogP contribution in [0.3, 0.4) is 0 Å². The summed E-state index contributed by atoms with van der Waals surface area (Å²) in [5.74, 6) is 0.167. The first-order valence-corrected chi connectivity index (χ1v) is 10.3. The van der Waals surface area contributed by atoms with Gasteiger partial charge in [-0.15, -0.1) is 0 Å². The van der Waals surface area contributed by atoms with Crippen molar-refractivity contribution in [1.82, 2.24) is 9.55 Å². The van der Waals surface area contributed by atoms with Crippen LogP contribution in [0.5, 0.6) is 0 Å². The largest absolute Gasteiger partial charge is 0.497 e. The maximum atomic E-state index is 15.0. The third kappa shape index (κ3) is 3.95. The second-order valence-corrected chi connectivity index (χ2v) is 8.94. The molecule has 0 saturated carbocycles. The van der Waals surface area contributed by atoms with Gasteiger partial charge in [-0.3, -0.25) is 9.36 Å². The van der Waals surface area contributed by atoms with Crippen molar-refractivity contribution < 1.29 is 13.7 Å². The van der Waals surface area contributed by atoms with Gasteiger partial charge in [0.1, 0.15) is 11.6 Å². The fraction of sp³-hybridized carbons (Fsp3) is 0.333. The lowest BCUT2D eigenvalue weighted by atomic mass is 9.78. The number of hydrogen-bond donors (Lipinski definition) is 0. The average molecular weight is 420 g/mol. The van der Waals surface area contributed by atoms with Crippen LogP contribution >= 0.6 is 0 Å². The van der Waals surface area contributed by atoms with Crippen LogP contribution in [-0.2, 0) is 22.8 Å². The molecule has 1 aromatic heterocycles. The fourth-order valence-corrected chi connectivity index (χ4v) is 3.58. The Kier molecular flexibility index (Phi) is 5.35. The molecule has 0 amide bonds. The number of hydrogen-bond acceptors (Lipinski definition) is 4. The van der Waals surface area contributed by atoms with E-state index in [1.54, 1.807) is 19.2 Å². The summed E-state index contributed by atoms with van der Waals surface area (Å²) >= 11 is 0. The first kappa shape index (κ1) is 21.5. The van der Waals surface area contributed by atoms with Crippen LogP contribution in [0.4, 0.5) is 4.39 Å². The van der Waals surface area contributed by atoms with Crippen molar-refractivity contribution in [2.24, 2.45) is 7.05 Å². The normalized spacial score (nSPS) is 17.2. The molecule has 3 aromatic rings. The second kappa shape index (κ2) is 7.73. The maximum Gasteiger partial charge on any atom is 0.497 e. The standard InChI is InChI=1S/C24H26BFN2O3/c1-23(2)24(3,4)31-25(30-23)19-12-11-17(14-20(19)26)18-15-27-21(28(5)22(18)29)13-16-9-7-6-8-10-16/h6-12,14-15H,13H2,1-5H3. The summed E-state index contributed by atoms with van der Waals surface area (Å²) in [5, 5.41) is 0. The Morgan fingerprint density at radius 2 is 1.68 bits per heavy atom. The van der Waals surface area contributed by atoms with Gasteiger partial charge in [0.05, 0.1) is 16.8 Å². The summed E-state index contributed by atoms with van der Waals surface area (Å²) in [6.45, 7) is 7.69. The molecular weight excluding hydrogens is 394 g/mol. The number of rotatable bonds is 4. The Bertz CT molecular complexity index is 1160. The van der Waals surface area contributed by atoms with Gasteiger partial charge in [0.25, 0.3) is 5.56 Å². The van der Waals surface area contributed by atoms with Crippen LogP contribution in [0, 0.1) is 5.82 Å². The molecule has 31 heavy (non-hydrogen) atoms. The molecule has 7 heteroatoms. The molecule has 2 aromatic carbocycles. The zero-order chi connectivity index (χ0) is 22.4. The Morgan fingerprint density at radius 1 is 1.03 bits per heavy atom. The lowest BCUT2D eigenvalue weighted by Gasteiger charge is -2.32. The van der Waals surface area contributed by atoms with Gasteiger partial charge in [0.15, 0.2) is 0 Å². The summed E-state index contributed by atoms with van der Waals surface area (Å²) in [6, 6.07) is 14.5. The minimum atomic E-state index is -0.798. The molecule has 1 aliphatic rings. The molecule has 1 saturated heterocycles. The molecule has 0 aliphatic carbocycles. The van der Waals surface area contributed by atoms with E-state index in [1.807, 2.05) is 58.0 Å². The summed E-state index contributed by atoms with van der Waals surface area (Å²) in [7, 11) is 0.889. The minimum absolute atomic E-state index is 0.219. The quantitative estimate of drug-likeness (QED) is 0.607. The smallest absolute Gasteiger partial charge is 0.399 e. The van der Waals surface area contributed by atoms with E-state index >= 15 is 4.39 Å². The van der Waals surface area contributed by atoms with Crippen molar-refractivity contribution in [1.29, 1.82) is 0 Å². The summed E-state index contributed by atoms with van der Waals surface area (Å²) in [6.07, 6.45) is 2.06. The Hall–Kier alpha value is -2.77. The molecule has 0 spiro atoms. The van der Waals surface area contributed by atoms with Gasteiger partial charge >= 0.3 is 7.12 Å². The number of nitrogens with zero attached hydrogens (tertiary/aromatic N) is 2. The highest BCUT2D eigenvalue weighted by atomic mass is 19.1. The topological polar surface area (TPSA) is 53.4 Å². The summed E-state index contributed by atoms with van der Waals surface area (Å²) in [4.78, 5) is 17.4. The predicted molar refractivity (Wildman–Crippen MR) is 120 cm³/mol. The molecule has 0 unspecified atom stereocenters. The SMILES string of the molecule is Cn1c(Cc2ccccc2)ncc(-c2ccc(B3OC(C)(C)C(C)(C)O3)c(F)c2)c1=O. The molecule has 1 aliphatic heterocycles. The number of benzene rings is 2. The molecule has 0 atom stereocenters. The first-order chi connectivity index (χ1) is 14.6. The van der Waals surface area contributed by atoms with Gasteiger partial charge in [0, 0.05) is 25.1 Å². The van der Waals surface area contributed by atoms with E-state index in [-0.39, 0.29) is 5.56 Å². The molecule has 4 rings (SSSR count). The molecule has 0 bridgehead atoms. The molecule has 0 radical (unpaired) electrons. The van der Waals surface area contributed by atoms with E-state index in [1.165, 1.54) is 16.8 Å². The molecule has 0 N–H and O–H groups in total. The van der Waals surface area contributed by atoms with Gasteiger partial charge in [-0.2, -0.15) is 0 Å². The zero-order valence-corrected chi connectivity index (χ0v) is 18.5. The number of halogens is 1. The molecule has 160 valence electrons. The van der Waals surface area contributed by atoms with Gasteiger partial charge in [-0.25, -0.2) is 9.37 Å². The van der Waals surface area contributed by atoms with E-state index in [4.69, 9.17) is 9.31 Å². The Morgan fingerprint density at radius 3 is 2.29 bits per heavy atom. The third-order valence-corrected chi connectivity index (χ3v) is 6.29. The molecule has 1 fully saturated rings. The van der Waals surface area contributed by atoms with Gasteiger partial charge < -0.3 is 9.31 Å². The second-order valence-electron chi connectivity index (χ2n) is 8.94. The van der Waals surface area contributed by atoms with Crippen molar-refractivity contribution in [2.75, 3.05) is 0 Å². The van der Waals surface area contributed by atoms with Crippen molar-refractivity contribution >= 4 is 12.6 Å². The van der Waals surface area contributed by atoms with Gasteiger partial charge in [-0.05, 0) is 44.9 Å². The van der Waals surface area contributed by atoms with Crippen molar-refractivity contribution in [3.8, 4) is 11.1 Å². The van der Waals surface area contributed by atoms with Crippen molar-refractivity contribution in [3.63, 3.8) is 0 Å². The van der Waals surface area contributed by atoms with Gasteiger partial charge in [0.2, 0.25) is 0 Å². The minimum Gasteiger partial charge on any atom is -0.399 e. The molecular formula is C24H26BFN2O3. The van der Waals surface area contributed by atoms with Crippen molar-refractivity contribution in [3.05, 3.63) is 82.3 Å². The monoisotopic (exact) mass is 420 g/mol. The lowest BCUT2D eigenvalue weighted by molar-refractivity contribution is 0.00578. The van der Waals surface area contributed by atoms with Crippen LogP contribution in [0.2, 0.25) is 0 Å². The average Bonchev–Trinajstić information content (AvgIpc) is 2.93. The van der Waals surface area contributed by atoms with Crippen molar-refractivity contribution in [2.45, 2.75) is 45.3 Å². The van der Waals surface area contributed by atoms with Crippen LogP contribution < -0.4 is 11.0 Å². The van der Waals surface area contributed by atoms with Crippen LogP contribution in [0.15, 0.2) is 59.5 Å². The highest BCUT2D eigenvalue weighted by molar-refractivity contribution is 6.62. The first-order valence-electron chi connectivity index (χ1n) is 10.3. The fourth-order valence-electron chi connectivity index (χ4n) is 3.58. The van der Waals surface area contributed by atoms with E-state index in [2.05, 4.69) is 4.98 Å². The maximum absolute atomic E-state index is 15.0. The summed E-state index contributed by atoms with van der Waals surface area (Å²) in [5.41, 5.74) is 0.858. The number of aromatic nitrogens is 2. The highest BCUT2D eigenvalue weighted by Crippen LogP contribution is 2.36. The Balaban J connectivity index is 1.63. The predicted octanol–water partition coefficient (Wildman–Crippen LogP) is 3.48. The zero-order valence-electron chi connectivity index (χ0n) is 18.5. The van der Waals surface area contributed by atoms with E-state index in [9.17, 15) is 4.79 Å². The van der Waals surface area contributed by atoms with Crippen LogP contribution in [0.1, 0.15) is 39.1 Å². The van der Waals surface area contributed by atoms with Crippen LogP contribution in [-0.4, -0.2) is 27.9 Å².